The molecule has 2 N–H and O–H groups in total. The van der Waals surface area contributed by atoms with Crippen LogP contribution in [0.5, 0.6) is 0 Å². The predicted octanol–water partition coefficient (Wildman–Crippen LogP) is 2.25. The van der Waals surface area contributed by atoms with Crippen LogP contribution in [0.15, 0.2) is 0 Å². The lowest BCUT2D eigenvalue weighted by Crippen LogP contribution is -2.48. The number of hydrogen-bond acceptors (Lipinski definition) is 1. The molecule has 0 radical (unpaired) electrons. The van der Waals surface area contributed by atoms with Gasteiger partial charge in [0.25, 0.3) is 0 Å². The van der Waals surface area contributed by atoms with E-state index in [0.717, 1.165) is 6.42 Å². The zero-order chi connectivity index (χ0) is 8.48. The van der Waals surface area contributed by atoms with Crippen LogP contribution in [0.2, 0.25) is 0 Å². The quantitative estimate of drug-likeness (QED) is 0.671. The largest absolute Gasteiger partial charge is 0.327 e. The normalized spacial score (nSPS) is 37.4. The van der Waals surface area contributed by atoms with Crippen LogP contribution in [0.25, 0.3) is 0 Å². The minimum absolute atomic E-state index is 0.132. The summed E-state index contributed by atoms with van der Waals surface area (Å²) in [5, 5.41) is 0. The van der Waals surface area contributed by atoms with Gasteiger partial charge in [-0.2, -0.15) is 0 Å². The zero-order valence-electron chi connectivity index (χ0n) is 7.44. The van der Waals surface area contributed by atoms with E-state index < -0.39 is 5.67 Å². The zero-order valence-corrected chi connectivity index (χ0v) is 7.44. The Hall–Kier alpha value is -0.110. The molecule has 1 aliphatic carbocycles. The van der Waals surface area contributed by atoms with Gasteiger partial charge < -0.3 is 5.73 Å². The van der Waals surface area contributed by atoms with Crippen molar-refractivity contribution in [1.29, 1.82) is 0 Å². The van der Waals surface area contributed by atoms with Crippen molar-refractivity contribution in [2.45, 2.75) is 51.2 Å². The molecule has 0 aliphatic heterocycles. The van der Waals surface area contributed by atoms with Gasteiger partial charge in [0, 0.05) is 6.04 Å². The van der Waals surface area contributed by atoms with Crippen molar-refractivity contribution in [3.63, 3.8) is 0 Å². The number of nitrogens with two attached hydrogens (primary N) is 1. The molecule has 1 fully saturated rings. The van der Waals surface area contributed by atoms with Crippen LogP contribution in [0.4, 0.5) is 4.39 Å². The molecule has 0 aromatic rings. The highest BCUT2D eigenvalue weighted by atomic mass is 19.1. The lowest BCUT2D eigenvalue weighted by Gasteiger charge is -2.39. The Labute approximate surface area is 68.2 Å². The molecule has 0 saturated heterocycles. The molecule has 0 spiro atoms. The smallest absolute Gasteiger partial charge is 0.114 e. The van der Waals surface area contributed by atoms with Gasteiger partial charge in [-0.15, -0.1) is 0 Å². The molecule has 1 aliphatic rings. The van der Waals surface area contributed by atoms with Gasteiger partial charge in [-0.3, -0.25) is 0 Å². The van der Waals surface area contributed by atoms with E-state index in [-0.39, 0.29) is 6.04 Å². The van der Waals surface area contributed by atoms with E-state index in [2.05, 4.69) is 13.8 Å². The second kappa shape index (κ2) is 3.10. The molecule has 0 atom stereocenters. The Morgan fingerprint density at radius 3 is 2.45 bits per heavy atom. The van der Waals surface area contributed by atoms with E-state index >= 15 is 0 Å². The first-order chi connectivity index (χ1) is 5.02. The van der Waals surface area contributed by atoms with Gasteiger partial charge in [0.2, 0.25) is 0 Å². The number of alkyl halides is 1. The molecule has 66 valence electrons. The first kappa shape index (κ1) is 8.98. The van der Waals surface area contributed by atoms with Gasteiger partial charge in [-0.1, -0.05) is 13.8 Å². The highest BCUT2D eigenvalue weighted by Gasteiger charge is 2.42. The van der Waals surface area contributed by atoms with E-state index in [1.165, 1.54) is 0 Å². The van der Waals surface area contributed by atoms with Crippen LogP contribution < -0.4 is 5.73 Å². The summed E-state index contributed by atoms with van der Waals surface area (Å²) in [7, 11) is 0. The first-order valence-corrected chi connectivity index (χ1v) is 4.46. The van der Waals surface area contributed by atoms with Crippen LogP contribution >= 0.6 is 0 Å². The van der Waals surface area contributed by atoms with E-state index in [1.54, 1.807) is 0 Å². The Morgan fingerprint density at radius 1 is 1.55 bits per heavy atom. The van der Waals surface area contributed by atoms with Crippen LogP contribution in [0, 0.1) is 5.92 Å². The van der Waals surface area contributed by atoms with E-state index in [4.69, 9.17) is 5.73 Å². The third-order valence-corrected chi connectivity index (χ3v) is 2.43. The Bertz CT molecular complexity index is 128. The molecular formula is C9H18FN. The van der Waals surface area contributed by atoms with Crippen molar-refractivity contribution in [3.05, 3.63) is 0 Å². The monoisotopic (exact) mass is 159 g/mol. The van der Waals surface area contributed by atoms with Crippen molar-refractivity contribution in [2.24, 2.45) is 11.7 Å². The standard InChI is InChI=1S/C9H18FN/c1-7(2)3-4-9(10)5-8(11)6-9/h7-8H,3-6,11H2,1-2H3. The molecule has 0 bridgehead atoms. The molecule has 0 amide bonds. The van der Waals surface area contributed by atoms with E-state index in [0.29, 0.717) is 25.2 Å². The van der Waals surface area contributed by atoms with Crippen LogP contribution in [0.1, 0.15) is 39.5 Å². The molecule has 11 heavy (non-hydrogen) atoms. The Kier molecular flexibility index (Phi) is 2.53. The second-order valence-electron chi connectivity index (χ2n) is 4.25. The minimum atomic E-state index is -0.899. The molecule has 1 nitrogen and oxygen atoms in total. The molecule has 0 unspecified atom stereocenters. The fourth-order valence-electron chi connectivity index (χ4n) is 1.63. The summed E-state index contributed by atoms with van der Waals surface area (Å²) in [6.45, 7) is 4.25. The average Bonchev–Trinajstić information content (AvgIpc) is 1.81. The first-order valence-electron chi connectivity index (χ1n) is 4.46. The fourth-order valence-corrected chi connectivity index (χ4v) is 1.63. The van der Waals surface area contributed by atoms with Crippen molar-refractivity contribution in [2.75, 3.05) is 0 Å². The summed E-state index contributed by atoms with van der Waals surface area (Å²) < 4.78 is 13.4. The summed E-state index contributed by atoms with van der Waals surface area (Å²) in [5.41, 5.74) is 4.62. The van der Waals surface area contributed by atoms with Gasteiger partial charge >= 0.3 is 0 Å². The second-order valence-corrected chi connectivity index (χ2v) is 4.25. The maximum absolute atomic E-state index is 13.4. The van der Waals surface area contributed by atoms with Gasteiger partial charge in [-0.05, 0) is 31.6 Å². The molecule has 1 saturated carbocycles. The minimum Gasteiger partial charge on any atom is -0.327 e. The summed E-state index contributed by atoms with van der Waals surface area (Å²) in [4.78, 5) is 0. The summed E-state index contributed by atoms with van der Waals surface area (Å²) in [6, 6.07) is 0.132. The van der Waals surface area contributed by atoms with Gasteiger partial charge in [-0.25, -0.2) is 4.39 Å². The van der Waals surface area contributed by atoms with E-state index in [9.17, 15) is 4.39 Å². The third kappa shape index (κ3) is 2.44. The number of halogens is 1. The molecule has 0 aromatic carbocycles. The summed E-state index contributed by atoms with van der Waals surface area (Å²) in [5.74, 6) is 0.611. The molecule has 1 rings (SSSR count). The summed E-state index contributed by atoms with van der Waals surface area (Å²) >= 11 is 0. The van der Waals surface area contributed by atoms with Crippen molar-refractivity contribution in [1.82, 2.24) is 0 Å². The van der Waals surface area contributed by atoms with Crippen molar-refractivity contribution >= 4 is 0 Å². The van der Waals surface area contributed by atoms with Gasteiger partial charge in [0.1, 0.15) is 5.67 Å². The lowest BCUT2D eigenvalue weighted by atomic mass is 9.74. The van der Waals surface area contributed by atoms with Crippen LogP contribution in [-0.2, 0) is 0 Å². The topological polar surface area (TPSA) is 26.0 Å². The maximum Gasteiger partial charge on any atom is 0.114 e. The molecule has 2 heteroatoms. The highest BCUT2D eigenvalue weighted by Crippen LogP contribution is 2.39. The third-order valence-electron chi connectivity index (χ3n) is 2.43. The molecule has 0 aromatic heterocycles. The SMILES string of the molecule is CC(C)CCC1(F)CC(N)C1. The van der Waals surface area contributed by atoms with E-state index in [1.807, 2.05) is 0 Å². The molecular weight excluding hydrogens is 141 g/mol. The summed E-state index contributed by atoms with van der Waals surface area (Å²) in [6.07, 6.45) is 2.86. The number of hydrogen-bond donors (Lipinski definition) is 1. The van der Waals surface area contributed by atoms with Gasteiger partial charge in [0.05, 0.1) is 0 Å². The van der Waals surface area contributed by atoms with Crippen molar-refractivity contribution < 1.29 is 4.39 Å². The van der Waals surface area contributed by atoms with Crippen molar-refractivity contribution in [3.8, 4) is 0 Å². The Morgan fingerprint density at radius 2 is 2.09 bits per heavy atom. The fraction of sp³-hybridized carbons (Fsp3) is 1.00. The predicted molar refractivity (Wildman–Crippen MR) is 45.1 cm³/mol. The molecule has 0 heterocycles. The number of rotatable bonds is 3. The van der Waals surface area contributed by atoms with Crippen LogP contribution in [-0.4, -0.2) is 11.7 Å². The highest BCUT2D eigenvalue weighted by molar-refractivity contribution is 4.96. The van der Waals surface area contributed by atoms with Crippen LogP contribution in [0.3, 0.4) is 0 Å². The average molecular weight is 159 g/mol. The maximum atomic E-state index is 13.4. The Balaban J connectivity index is 2.16. The lowest BCUT2D eigenvalue weighted by molar-refractivity contribution is 0.0298. The van der Waals surface area contributed by atoms with Gasteiger partial charge in [0.15, 0.2) is 0 Å².